The van der Waals surface area contributed by atoms with Gasteiger partial charge in [0, 0.05) is 42.1 Å². The first-order valence-electron chi connectivity index (χ1n) is 10.4. The van der Waals surface area contributed by atoms with E-state index in [2.05, 4.69) is 15.2 Å². The zero-order valence-corrected chi connectivity index (χ0v) is 17.0. The van der Waals surface area contributed by atoms with Gasteiger partial charge in [-0.05, 0) is 57.4 Å². The van der Waals surface area contributed by atoms with Crippen molar-refractivity contribution in [1.82, 2.24) is 10.3 Å². The molecule has 0 bridgehead atoms. The summed E-state index contributed by atoms with van der Waals surface area (Å²) >= 11 is 0. The second-order valence-electron chi connectivity index (χ2n) is 8.16. The minimum Gasteiger partial charge on any atom is -0.390 e. The van der Waals surface area contributed by atoms with Crippen LogP contribution in [0.15, 0.2) is 24.3 Å². The largest absolute Gasteiger partial charge is 0.390 e. The van der Waals surface area contributed by atoms with Crippen LogP contribution in [0.2, 0.25) is 0 Å². The van der Waals surface area contributed by atoms with Gasteiger partial charge in [0.25, 0.3) is 0 Å². The average molecular weight is 384 g/mol. The number of anilines is 1. The Kier molecular flexibility index (Phi) is 6.97. The van der Waals surface area contributed by atoms with E-state index in [-0.39, 0.29) is 6.04 Å². The fourth-order valence-electron chi connectivity index (χ4n) is 4.18. The summed E-state index contributed by atoms with van der Waals surface area (Å²) in [5, 5.41) is 30.4. The molecule has 6 heteroatoms. The topological polar surface area (TPSA) is 96.1 Å². The highest BCUT2D eigenvalue weighted by molar-refractivity contribution is 6.12. The summed E-state index contributed by atoms with van der Waals surface area (Å²) in [7, 11) is 0. The number of pyridine rings is 1. The Labute approximate surface area is 168 Å². The van der Waals surface area contributed by atoms with Crippen LogP contribution >= 0.6 is 0 Å². The van der Waals surface area contributed by atoms with Crippen molar-refractivity contribution >= 4 is 17.2 Å². The van der Waals surface area contributed by atoms with E-state index >= 15 is 0 Å². The minimum absolute atomic E-state index is 0.132. The number of hydrogen-bond acceptors (Lipinski definition) is 6. The van der Waals surface area contributed by atoms with Crippen molar-refractivity contribution in [2.75, 3.05) is 18.0 Å². The first-order valence-corrected chi connectivity index (χ1v) is 10.4. The van der Waals surface area contributed by atoms with Crippen molar-refractivity contribution in [3.05, 3.63) is 35.5 Å². The number of aliphatic hydroxyl groups is 1. The number of nitrogens with one attached hydrogen (secondary N) is 3. The zero-order chi connectivity index (χ0) is 20.1. The lowest BCUT2D eigenvalue weighted by atomic mass is 9.92. The van der Waals surface area contributed by atoms with Gasteiger partial charge in [0.15, 0.2) is 0 Å². The van der Waals surface area contributed by atoms with Crippen LogP contribution in [0.1, 0.15) is 56.7 Å². The molecule has 0 radical (unpaired) electrons. The molecule has 1 saturated heterocycles. The number of hydrogen-bond donors (Lipinski definition) is 4. The predicted molar refractivity (Wildman–Crippen MR) is 115 cm³/mol. The van der Waals surface area contributed by atoms with Gasteiger partial charge in [-0.25, -0.2) is 4.98 Å². The number of aromatic nitrogens is 1. The molecule has 152 valence electrons. The predicted octanol–water partition coefficient (Wildman–Crippen LogP) is 3.22. The third-order valence-corrected chi connectivity index (χ3v) is 5.74. The minimum atomic E-state index is -0.445. The van der Waals surface area contributed by atoms with Gasteiger partial charge in [-0.2, -0.15) is 0 Å². The van der Waals surface area contributed by atoms with Gasteiger partial charge in [0.1, 0.15) is 5.82 Å². The van der Waals surface area contributed by atoms with Crippen LogP contribution in [0.5, 0.6) is 0 Å². The van der Waals surface area contributed by atoms with Gasteiger partial charge in [-0.1, -0.05) is 19.3 Å². The molecule has 4 N–H and O–H groups in total. The van der Waals surface area contributed by atoms with Gasteiger partial charge in [0.05, 0.1) is 11.8 Å². The van der Waals surface area contributed by atoms with Crippen molar-refractivity contribution in [3.8, 4) is 0 Å². The third-order valence-electron chi connectivity index (χ3n) is 5.74. The molecule has 0 spiro atoms. The normalized spacial score (nSPS) is 23.9. The molecule has 2 heterocycles. The van der Waals surface area contributed by atoms with Crippen molar-refractivity contribution in [2.24, 2.45) is 0 Å². The Morgan fingerprint density at radius 3 is 2.61 bits per heavy atom. The number of aliphatic hydroxyl groups excluding tert-OH is 1. The molecule has 1 aromatic heterocycles. The summed E-state index contributed by atoms with van der Waals surface area (Å²) in [6, 6.07) is 4.50. The molecule has 1 aromatic rings. The number of β-amino-alcohol motifs (C(OH)–C–C–N with tert-alkyl or cyclic N) is 1. The Morgan fingerprint density at radius 2 is 1.93 bits per heavy atom. The molecular formula is C22H33N5O. The van der Waals surface area contributed by atoms with Crippen molar-refractivity contribution < 1.29 is 5.11 Å². The zero-order valence-electron chi connectivity index (χ0n) is 17.0. The Morgan fingerprint density at radius 1 is 1.18 bits per heavy atom. The van der Waals surface area contributed by atoms with Crippen LogP contribution in [0, 0.1) is 17.7 Å². The van der Waals surface area contributed by atoms with E-state index in [0.29, 0.717) is 24.0 Å². The summed E-state index contributed by atoms with van der Waals surface area (Å²) in [6.07, 6.45) is 10.0. The Bertz CT molecular complexity index is 738. The van der Waals surface area contributed by atoms with Crippen molar-refractivity contribution in [2.45, 2.75) is 70.6 Å². The van der Waals surface area contributed by atoms with Crippen LogP contribution in [0.4, 0.5) is 5.82 Å². The lowest BCUT2D eigenvalue weighted by Crippen LogP contribution is -2.55. The number of nitrogens with zero attached hydrogens (tertiary/aromatic N) is 2. The molecule has 0 aromatic carbocycles. The number of piperidine rings is 1. The second kappa shape index (κ2) is 9.43. The maximum Gasteiger partial charge on any atom is 0.138 e. The molecule has 0 amide bonds. The summed E-state index contributed by atoms with van der Waals surface area (Å²) in [5.74, 6) is 0.757. The molecular weight excluding hydrogens is 350 g/mol. The first kappa shape index (κ1) is 20.7. The monoisotopic (exact) mass is 383 g/mol. The Balaban J connectivity index is 1.71. The fourth-order valence-corrected chi connectivity index (χ4v) is 4.18. The van der Waals surface area contributed by atoms with E-state index in [1.165, 1.54) is 32.1 Å². The smallest absolute Gasteiger partial charge is 0.138 e. The van der Waals surface area contributed by atoms with Crippen molar-refractivity contribution in [3.63, 3.8) is 0 Å². The lowest BCUT2D eigenvalue weighted by molar-refractivity contribution is 0.103. The fraction of sp³-hybridized carbons (Fsp3) is 0.591. The van der Waals surface area contributed by atoms with E-state index in [4.69, 9.17) is 10.8 Å². The summed E-state index contributed by atoms with van der Waals surface area (Å²) in [4.78, 5) is 6.79. The van der Waals surface area contributed by atoms with Gasteiger partial charge in [-0.3, -0.25) is 0 Å². The molecule has 6 nitrogen and oxygen atoms in total. The molecule has 2 fully saturated rings. The van der Waals surface area contributed by atoms with E-state index in [1.54, 1.807) is 19.1 Å². The van der Waals surface area contributed by atoms with Crippen molar-refractivity contribution in [1.29, 1.82) is 10.8 Å². The van der Waals surface area contributed by atoms with Crippen LogP contribution < -0.4 is 10.2 Å². The molecule has 2 aliphatic rings. The quantitative estimate of drug-likeness (QED) is 0.567. The highest BCUT2D eigenvalue weighted by atomic mass is 16.3. The van der Waals surface area contributed by atoms with Crippen LogP contribution in [0.25, 0.3) is 0 Å². The molecule has 3 rings (SSSR count). The summed E-state index contributed by atoms with van der Waals surface area (Å²) in [6.45, 7) is 4.97. The summed E-state index contributed by atoms with van der Waals surface area (Å²) in [5.41, 5.74) is 2.40. The second-order valence-corrected chi connectivity index (χ2v) is 8.16. The molecule has 0 unspecified atom stereocenters. The standard InChI is InChI=1S/C22H33N5O/c1-15(23)8-11-19(24)18-10-9-16(2)25-22(18)27-13-12-20(21(28)14-27)26-17-6-4-3-5-7-17/h8-11,17,20-21,23-24,26,28H,3-7,12-14H2,1-2H3/b11-8-,23-15?,24-19?/t20-,21+/m0/s1. The number of rotatable bonds is 6. The average Bonchev–Trinajstić information content (AvgIpc) is 2.68. The SMILES string of the molecule is CC(=N)/C=C\C(=N)c1ccc(C)nc1N1CC[C@H](NC2CCCCC2)[C@H](O)C1. The lowest BCUT2D eigenvalue weighted by Gasteiger charge is -2.40. The molecule has 28 heavy (non-hydrogen) atoms. The summed E-state index contributed by atoms with van der Waals surface area (Å²) < 4.78 is 0. The maximum absolute atomic E-state index is 10.8. The van der Waals surface area contributed by atoms with E-state index in [9.17, 15) is 5.11 Å². The van der Waals surface area contributed by atoms with E-state index in [1.807, 2.05) is 19.1 Å². The third kappa shape index (κ3) is 5.26. The number of allylic oxidation sites excluding steroid dienone is 2. The number of aryl methyl sites for hydroxylation is 1. The molecule has 1 saturated carbocycles. The molecule has 1 aliphatic heterocycles. The van der Waals surface area contributed by atoms with Gasteiger partial charge < -0.3 is 26.1 Å². The van der Waals surface area contributed by atoms with Crippen LogP contribution in [-0.2, 0) is 0 Å². The molecule has 1 aliphatic carbocycles. The van der Waals surface area contributed by atoms with Crippen LogP contribution in [0.3, 0.4) is 0 Å². The molecule has 2 atom stereocenters. The van der Waals surface area contributed by atoms with Gasteiger partial charge >= 0.3 is 0 Å². The van der Waals surface area contributed by atoms with E-state index in [0.717, 1.165) is 30.0 Å². The Hall–Kier alpha value is -2.05. The first-order chi connectivity index (χ1) is 13.4. The highest BCUT2D eigenvalue weighted by Gasteiger charge is 2.31. The van der Waals surface area contributed by atoms with E-state index < -0.39 is 6.10 Å². The maximum atomic E-state index is 10.8. The van der Waals surface area contributed by atoms with Gasteiger partial charge in [-0.15, -0.1) is 0 Å². The van der Waals surface area contributed by atoms with Gasteiger partial charge in [0.2, 0.25) is 0 Å². The van der Waals surface area contributed by atoms with Crippen LogP contribution in [-0.4, -0.2) is 52.8 Å². The highest BCUT2D eigenvalue weighted by Crippen LogP contribution is 2.25.